The van der Waals surface area contributed by atoms with Crippen molar-refractivity contribution in [2.75, 3.05) is 51.3 Å². The summed E-state index contributed by atoms with van der Waals surface area (Å²) in [5.41, 5.74) is 0. The van der Waals surface area contributed by atoms with Crippen molar-refractivity contribution in [3.63, 3.8) is 0 Å². The van der Waals surface area contributed by atoms with Gasteiger partial charge in [0.2, 0.25) is 15.9 Å². The summed E-state index contributed by atoms with van der Waals surface area (Å²) in [5, 5.41) is 0. The fourth-order valence-electron chi connectivity index (χ4n) is 3.77. The molecule has 3 rings (SSSR count). The molecule has 2 fully saturated rings. The molecular weight excluding hydrogens is 410 g/mol. The molecule has 2 heterocycles. The minimum atomic E-state index is -3.73. The highest BCUT2D eigenvalue weighted by Crippen LogP contribution is 2.16. The molecule has 1 N–H and O–H groups in total. The summed E-state index contributed by atoms with van der Waals surface area (Å²) >= 11 is 1.61. The number of amides is 1. The van der Waals surface area contributed by atoms with Crippen molar-refractivity contribution in [3.8, 4) is 0 Å². The van der Waals surface area contributed by atoms with Crippen LogP contribution in [0.4, 0.5) is 0 Å². The number of piperazine rings is 1. The number of nitrogens with zero attached hydrogens (tertiary/aromatic N) is 2. The summed E-state index contributed by atoms with van der Waals surface area (Å²) in [6.07, 6.45) is 4.97. The molecule has 0 aromatic heterocycles. The summed E-state index contributed by atoms with van der Waals surface area (Å²) in [7, 11) is -3.73. The third kappa shape index (κ3) is 6.42. The monoisotopic (exact) mass is 441 g/mol. The normalized spacial score (nSPS) is 22.0. The highest BCUT2D eigenvalue weighted by Gasteiger charge is 2.31. The number of sulfonamides is 1. The van der Waals surface area contributed by atoms with Crippen LogP contribution in [0.2, 0.25) is 0 Å². The Hall–Kier alpha value is -1.13. The molecule has 162 valence electrons. The summed E-state index contributed by atoms with van der Waals surface area (Å²) in [6.45, 7) is 4.60. The van der Waals surface area contributed by atoms with Gasteiger partial charge in [-0.15, -0.1) is 0 Å². The van der Waals surface area contributed by atoms with Crippen LogP contribution in [-0.4, -0.2) is 87.6 Å². The van der Waals surface area contributed by atoms with Crippen molar-refractivity contribution in [1.29, 1.82) is 0 Å². The van der Waals surface area contributed by atoms with Crippen molar-refractivity contribution in [1.82, 2.24) is 14.5 Å². The number of carbonyl (C=O) groups excluding carboxylic acids is 1. The van der Waals surface area contributed by atoms with Crippen LogP contribution in [0.1, 0.15) is 19.3 Å². The van der Waals surface area contributed by atoms with Gasteiger partial charge in [-0.2, -0.15) is 16.5 Å². The summed E-state index contributed by atoms with van der Waals surface area (Å²) in [5.74, 6) is 0.586. The van der Waals surface area contributed by atoms with Gasteiger partial charge in [0.05, 0.1) is 11.0 Å². The van der Waals surface area contributed by atoms with Gasteiger partial charge in [0.1, 0.15) is 6.04 Å². The minimum absolute atomic E-state index is 0.129. The zero-order valence-electron chi connectivity index (χ0n) is 17.0. The van der Waals surface area contributed by atoms with Gasteiger partial charge in [0, 0.05) is 39.3 Å². The highest BCUT2D eigenvalue weighted by atomic mass is 32.2. The van der Waals surface area contributed by atoms with Crippen LogP contribution >= 0.6 is 11.8 Å². The Bertz CT molecular complexity index is 746. The molecule has 2 atom stereocenters. The zero-order chi connectivity index (χ0) is 20.7. The van der Waals surface area contributed by atoms with E-state index in [0.717, 1.165) is 39.1 Å². The molecular formula is C20H31N3O4S2. The fraction of sp³-hybridized carbons (Fsp3) is 0.650. The van der Waals surface area contributed by atoms with Crippen molar-refractivity contribution >= 4 is 27.7 Å². The lowest BCUT2D eigenvalue weighted by Crippen LogP contribution is -2.55. The van der Waals surface area contributed by atoms with E-state index >= 15 is 0 Å². The number of thioether (sulfide) groups is 1. The van der Waals surface area contributed by atoms with Crippen molar-refractivity contribution in [3.05, 3.63) is 30.3 Å². The molecule has 1 aromatic carbocycles. The van der Waals surface area contributed by atoms with E-state index < -0.39 is 16.1 Å². The summed E-state index contributed by atoms with van der Waals surface area (Å²) in [6, 6.07) is 7.48. The molecule has 2 aliphatic rings. The number of rotatable bonds is 9. The lowest BCUT2D eigenvalue weighted by Gasteiger charge is -2.37. The van der Waals surface area contributed by atoms with E-state index in [4.69, 9.17) is 4.74 Å². The number of nitrogens with one attached hydrogen (secondary N) is 1. The quantitative estimate of drug-likeness (QED) is 0.624. The molecule has 29 heavy (non-hydrogen) atoms. The molecule has 7 nitrogen and oxygen atoms in total. The first-order valence-electron chi connectivity index (χ1n) is 10.2. The Morgan fingerprint density at radius 1 is 1.24 bits per heavy atom. The molecule has 9 heteroatoms. The van der Waals surface area contributed by atoms with Crippen LogP contribution in [0.3, 0.4) is 0 Å². The van der Waals surface area contributed by atoms with E-state index in [1.54, 1.807) is 47.0 Å². The largest absolute Gasteiger partial charge is 0.377 e. The molecule has 2 aliphatic heterocycles. The van der Waals surface area contributed by atoms with Gasteiger partial charge in [-0.1, -0.05) is 18.2 Å². The molecule has 0 saturated carbocycles. The molecule has 0 spiro atoms. The third-order valence-corrected chi connectivity index (χ3v) is 7.56. The Labute approximate surface area is 178 Å². The van der Waals surface area contributed by atoms with Crippen molar-refractivity contribution < 1.29 is 17.9 Å². The second-order valence-electron chi connectivity index (χ2n) is 7.53. The van der Waals surface area contributed by atoms with E-state index in [9.17, 15) is 13.2 Å². The number of carbonyl (C=O) groups is 1. The SMILES string of the molecule is CSCCC(NS(=O)(=O)c1ccccc1)C(=O)N1CCN(CC2CCCO2)CC1. The fourth-order valence-corrected chi connectivity index (χ4v) is 5.49. The summed E-state index contributed by atoms with van der Waals surface area (Å²) in [4.78, 5) is 17.4. The smallest absolute Gasteiger partial charge is 0.241 e. The first kappa shape index (κ1) is 22.6. The first-order valence-corrected chi connectivity index (χ1v) is 13.1. The van der Waals surface area contributed by atoms with Crippen LogP contribution in [0.25, 0.3) is 0 Å². The lowest BCUT2D eigenvalue weighted by atomic mass is 10.1. The van der Waals surface area contributed by atoms with Crippen LogP contribution in [0, 0.1) is 0 Å². The topological polar surface area (TPSA) is 79.0 Å². The third-order valence-electron chi connectivity index (χ3n) is 5.43. The van der Waals surface area contributed by atoms with E-state index in [2.05, 4.69) is 9.62 Å². The summed E-state index contributed by atoms with van der Waals surface area (Å²) < 4.78 is 33.8. The van der Waals surface area contributed by atoms with E-state index in [-0.39, 0.29) is 10.8 Å². The standard InChI is InChI=1S/C20H31N3O4S2/c1-28-15-9-19(21-29(25,26)18-7-3-2-4-8-18)20(24)23-12-10-22(11-13-23)16-17-6-5-14-27-17/h2-4,7-8,17,19,21H,5-6,9-16H2,1H3. The highest BCUT2D eigenvalue weighted by molar-refractivity contribution is 7.98. The van der Waals surface area contributed by atoms with E-state index in [0.29, 0.717) is 31.4 Å². The van der Waals surface area contributed by atoms with Gasteiger partial charge in [-0.3, -0.25) is 9.69 Å². The molecule has 0 radical (unpaired) electrons. The Kier molecular flexibility index (Phi) is 8.37. The maximum atomic E-state index is 13.1. The molecule has 1 amide bonds. The zero-order valence-corrected chi connectivity index (χ0v) is 18.6. The van der Waals surface area contributed by atoms with Gasteiger partial charge in [-0.05, 0) is 43.4 Å². The molecule has 0 bridgehead atoms. The second kappa shape index (κ2) is 10.8. The maximum Gasteiger partial charge on any atom is 0.241 e. The number of hydrogen-bond donors (Lipinski definition) is 1. The average molecular weight is 442 g/mol. The van der Waals surface area contributed by atoms with E-state index in [1.807, 2.05) is 6.26 Å². The first-order chi connectivity index (χ1) is 14.0. The lowest BCUT2D eigenvalue weighted by molar-refractivity contribution is -0.135. The van der Waals surface area contributed by atoms with Crippen LogP contribution < -0.4 is 4.72 Å². The molecule has 0 aliphatic carbocycles. The molecule has 2 unspecified atom stereocenters. The van der Waals surface area contributed by atoms with Gasteiger partial charge in [0.15, 0.2) is 0 Å². The Balaban J connectivity index is 1.59. The number of benzene rings is 1. The molecule has 1 aromatic rings. The van der Waals surface area contributed by atoms with Gasteiger partial charge >= 0.3 is 0 Å². The van der Waals surface area contributed by atoms with Gasteiger partial charge in [0.25, 0.3) is 0 Å². The number of hydrogen-bond acceptors (Lipinski definition) is 6. The average Bonchev–Trinajstić information content (AvgIpc) is 3.25. The molecule has 2 saturated heterocycles. The Morgan fingerprint density at radius 3 is 2.59 bits per heavy atom. The van der Waals surface area contributed by atoms with Crippen molar-refractivity contribution in [2.45, 2.75) is 36.3 Å². The van der Waals surface area contributed by atoms with Gasteiger partial charge < -0.3 is 9.64 Å². The predicted octanol–water partition coefficient (Wildman–Crippen LogP) is 1.41. The van der Waals surface area contributed by atoms with Crippen molar-refractivity contribution in [2.24, 2.45) is 0 Å². The van der Waals surface area contributed by atoms with E-state index in [1.165, 1.54) is 0 Å². The van der Waals surface area contributed by atoms with Crippen LogP contribution in [0.15, 0.2) is 35.2 Å². The predicted molar refractivity (Wildman–Crippen MR) is 116 cm³/mol. The minimum Gasteiger partial charge on any atom is -0.377 e. The maximum absolute atomic E-state index is 13.1. The van der Waals surface area contributed by atoms with Crippen LogP contribution in [0.5, 0.6) is 0 Å². The second-order valence-corrected chi connectivity index (χ2v) is 10.2. The van der Waals surface area contributed by atoms with Crippen LogP contribution in [-0.2, 0) is 19.6 Å². The van der Waals surface area contributed by atoms with Gasteiger partial charge in [-0.25, -0.2) is 8.42 Å². The Morgan fingerprint density at radius 2 is 1.97 bits per heavy atom. The number of ether oxygens (including phenoxy) is 1.